The third-order valence-electron chi connectivity index (χ3n) is 1.66. The fourth-order valence-corrected chi connectivity index (χ4v) is 1.62. The summed E-state index contributed by atoms with van der Waals surface area (Å²) in [4.78, 5) is 19.6. The van der Waals surface area contributed by atoms with Crippen molar-refractivity contribution in [2.45, 2.75) is 6.92 Å². The summed E-state index contributed by atoms with van der Waals surface area (Å²) in [5.41, 5.74) is 1.65. The zero-order chi connectivity index (χ0) is 11.5. The molecule has 1 amide bonds. The average molecular weight is 256 g/mol. The number of carbonyl (C=O) groups excluding carboxylic acids is 1. The molecule has 6 nitrogen and oxygen atoms in total. The highest BCUT2D eigenvalue weighted by Gasteiger charge is 2.14. The molecule has 0 aliphatic rings. The molecule has 2 aromatic heterocycles. The zero-order valence-electron chi connectivity index (χ0n) is 8.14. The van der Waals surface area contributed by atoms with Crippen molar-refractivity contribution in [2.75, 3.05) is 5.32 Å². The second-order valence-corrected chi connectivity index (χ2v) is 4.05. The Balaban J connectivity index is 2.24. The van der Waals surface area contributed by atoms with E-state index < -0.39 is 5.91 Å². The molecule has 0 unspecified atom stereocenters. The van der Waals surface area contributed by atoms with Gasteiger partial charge in [0.2, 0.25) is 5.13 Å². The summed E-state index contributed by atoms with van der Waals surface area (Å²) >= 11 is 7.03. The molecule has 0 aromatic carbocycles. The lowest BCUT2D eigenvalue weighted by Gasteiger charge is -2.02. The number of rotatable bonds is 2. The van der Waals surface area contributed by atoms with E-state index in [4.69, 9.17) is 11.6 Å². The summed E-state index contributed by atoms with van der Waals surface area (Å²) in [6.07, 6.45) is 1.39. The van der Waals surface area contributed by atoms with Crippen LogP contribution in [0.4, 0.5) is 5.13 Å². The van der Waals surface area contributed by atoms with Crippen LogP contribution >= 0.6 is 22.9 Å². The fourth-order valence-electron chi connectivity index (χ4n) is 0.998. The van der Waals surface area contributed by atoms with Crippen molar-refractivity contribution in [1.29, 1.82) is 0 Å². The molecular formula is C8H6ClN5OS. The Bertz CT molecular complexity index is 515. The van der Waals surface area contributed by atoms with E-state index >= 15 is 0 Å². The Morgan fingerprint density at radius 1 is 1.56 bits per heavy atom. The predicted octanol–water partition coefficient (Wildman–Crippen LogP) is 1.54. The molecule has 0 aliphatic heterocycles. The van der Waals surface area contributed by atoms with Crippen molar-refractivity contribution in [2.24, 2.45) is 0 Å². The van der Waals surface area contributed by atoms with Crippen LogP contribution in [0.15, 0.2) is 11.7 Å². The first-order valence-corrected chi connectivity index (χ1v) is 5.49. The van der Waals surface area contributed by atoms with Crippen LogP contribution in [0.3, 0.4) is 0 Å². The molecule has 0 atom stereocenters. The number of hydrogen-bond donors (Lipinski definition) is 1. The molecule has 0 bridgehead atoms. The number of nitrogens with zero attached hydrogens (tertiary/aromatic N) is 4. The first-order chi connectivity index (χ1) is 7.66. The van der Waals surface area contributed by atoms with Gasteiger partial charge in [0, 0.05) is 0 Å². The van der Waals surface area contributed by atoms with Gasteiger partial charge in [0.15, 0.2) is 5.69 Å². The largest absolute Gasteiger partial charge is 0.295 e. The molecule has 0 saturated heterocycles. The van der Waals surface area contributed by atoms with Crippen molar-refractivity contribution in [1.82, 2.24) is 20.2 Å². The maximum Gasteiger partial charge on any atom is 0.277 e. The van der Waals surface area contributed by atoms with E-state index in [1.54, 1.807) is 6.92 Å². The minimum atomic E-state index is -0.424. The summed E-state index contributed by atoms with van der Waals surface area (Å²) in [5, 5.41) is 10.4. The molecule has 0 fully saturated rings. The summed E-state index contributed by atoms with van der Waals surface area (Å²) < 4.78 is 0. The normalized spacial score (nSPS) is 10.1. The Labute approximate surface area is 99.7 Å². The van der Waals surface area contributed by atoms with Crippen LogP contribution in [0.25, 0.3) is 0 Å². The lowest BCUT2D eigenvalue weighted by molar-refractivity contribution is 0.102. The van der Waals surface area contributed by atoms with Crippen molar-refractivity contribution in [3.8, 4) is 0 Å². The third-order valence-corrected chi connectivity index (χ3v) is 2.54. The molecule has 16 heavy (non-hydrogen) atoms. The monoisotopic (exact) mass is 255 g/mol. The van der Waals surface area contributed by atoms with Crippen LogP contribution in [0, 0.1) is 6.92 Å². The summed E-state index contributed by atoms with van der Waals surface area (Å²) in [6, 6.07) is 0. The van der Waals surface area contributed by atoms with E-state index in [-0.39, 0.29) is 10.7 Å². The van der Waals surface area contributed by atoms with Gasteiger partial charge in [0.25, 0.3) is 5.91 Å². The number of aryl methyl sites for hydroxylation is 1. The second kappa shape index (κ2) is 4.50. The van der Waals surface area contributed by atoms with Crippen molar-refractivity contribution in [3.05, 3.63) is 28.2 Å². The number of carbonyl (C=O) groups is 1. The van der Waals surface area contributed by atoms with Crippen molar-refractivity contribution < 1.29 is 4.79 Å². The van der Waals surface area contributed by atoms with Crippen LogP contribution in [-0.4, -0.2) is 26.1 Å². The van der Waals surface area contributed by atoms with E-state index in [0.29, 0.717) is 11.0 Å². The zero-order valence-corrected chi connectivity index (χ0v) is 9.71. The number of aromatic nitrogens is 4. The van der Waals surface area contributed by atoms with Crippen molar-refractivity contribution >= 4 is 34.0 Å². The van der Waals surface area contributed by atoms with Gasteiger partial charge >= 0.3 is 0 Å². The first-order valence-electron chi connectivity index (χ1n) is 4.23. The lowest BCUT2D eigenvalue weighted by Crippen LogP contribution is -2.15. The van der Waals surface area contributed by atoms with E-state index in [2.05, 4.69) is 25.5 Å². The molecule has 1 N–H and O–H groups in total. The number of hydrogen-bond acceptors (Lipinski definition) is 6. The van der Waals surface area contributed by atoms with Gasteiger partial charge in [-0.1, -0.05) is 22.9 Å². The summed E-state index contributed by atoms with van der Waals surface area (Å²) in [6.45, 7) is 1.68. The first kappa shape index (κ1) is 10.9. The van der Waals surface area contributed by atoms with E-state index in [1.165, 1.54) is 23.0 Å². The number of amides is 1. The van der Waals surface area contributed by atoms with E-state index in [9.17, 15) is 4.79 Å². The molecule has 2 rings (SSSR count). The molecule has 0 radical (unpaired) electrons. The molecule has 2 heterocycles. The maximum atomic E-state index is 11.7. The molecule has 8 heteroatoms. The highest BCUT2D eigenvalue weighted by atomic mass is 35.5. The smallest absolute Gasteiger partial charge is 0.277 e. The SMILES string of the molecule is Cc1ncc(Cl)c(C(=O)Nc2nncs2)n1. The highest BCUT2D eigenvalue weighted by Crippen LogP contribution is 2.15. The molecular weight excluding hydrogens is 250 g/mol. The standard InChI is InChI=1S/C8H6ClN5OS/c1-4-10-2-5(9)6(12-4)7(15)13-8-14-11-3-16-8/h2-3H,1H3,(H,13,14,15). The Hall–Kier alpha value is -1.60. The van der Waals surface area contributed by atoms with Crippen LogP contribution in [0.5, 0.6) is 0 Å². The fraction of sp³-hybridized carbons (Fsp3) is 0.125. The third kappa shape index (κ3) is 2.31. The van der Waals surface area contributed by atoms with Gasteiger partial charge in [-0.2, -0.15) is 0 Å². The van der Waals surface area contributed by atoms with Gasteiger partial charge in [0.1, 0.15) is 11.3 Å². The van der Waals surface area contributed by atoms with Crippen LogP contribution < -0.4 is 5.32 Å². The second-order valence-electron chi connectivity index (χ2n) is 2.81. The molecule has 0 saturated carbocycles. The Morgan fingerprint density at radius 3 is 3.06 bits per heavy atom. The predicted molar refractivity (Wildman–Crippen MR) is 59.6 cm³/mol. The molecule has 0 spiro atoms. The van der Waals surface area contributed by atoms with Gasteiger partial charge in [-0.25, -0.2) is 9.97 Å². The van der Waals surface area contributed by atoms with E-state index in [0.717, 1.165) is 0 Å². The topological polar surface area (TPSA) is 80.7 Å². The van der Waals surface area contributed by atoms with Gasteiger partial charge in [-0.3, -0.25) is 10.1 Å². The number of nitrogens with one attached hydrogen (secondary N) is 1. The highest BCUT2D eigenvalue weighted by molar-refractivity contribution is 7.13. The minimum Gasteiger partial charge on any atom is -0.295 e. The van der Waals surface area contributed by atoms with Crippen molar-refractivity contribution in [3.63, 3.8) is 0 Å². The minimum absolute atomic E-state index is 0.129. The lowest BCUT2D eigenvalue weighted by atomic mass is 10.4. The van der Waals surface area contributed by atoms with Crippen LogP contribution in [-0.2, 0) is 0 Å². The van der Waals surface area contributed by atoms with Gasteiger partial charge < -0.3 is 0 Å². The van der Waals surface area contributed by atoms with Gasteiger partial charge in [-0.05, 0) is 6.92 Å². The van der Waals surface area contributed by atoms with Crippen LogP contribution in [0.1, 0.15) is 16.3 Å². The van der Waals surface area contributed by atoms with E-state index in [1.807, 2.05) is 0 Å². The van der Waals surface area contributed by atoms with Crippen LogP contribution in [0.2, 0.25) is 5.02 Å². The molecule has 2 aromatic rings. The summed E-state index contributed by atoms with van der Waals surface area (Å²) in [5.74, 6) is 0.0547. The number of anilines is 1. The van der Waals surface area contributed by atoms with Gasteiger partial charge in [-0.15, -0.1) is 10.2 Å². The molecule has 82 valence electrons. The maximum absolute atomic E-state index is 11.7. The Kier molecular flexibility index (Phi) is 3.07. The van der Waals surface area contributed by atoms with Gasteiger partial charge in [0.05, 0.1) is 11.2 Å². The summed E-state index contributed by atoms with van der Waals surface area (Å²) in [7, 11) is 0. The Morgan fingerprint density at radius 2 is 2.38 bits per heavy atom. The molecule has 0 aliphatic carbocycles. The average Bonchev–Trinajstić information content (AvgIpc) is 2.74. The quantitative estimate of drug-likeness (QED) is 0.880. The number of halogens is 1.